The molecule has 2 aromatic rings. The second-order valence-corrected chi connectivity index (χ2v) is 7.15. The van der Waals surface area contributed by atoms with E-state index in [2.05, 4.69) is 19.8 Å². The minimum absolute atomic E-state index is 0.112. The van der Waals surface area contributed by atoms with Gasteiger partial charge < -0.3 is 19.6 Å². The molecule has 0 unspecified atom stereocenters. The van der Waals surface area contributed by atoms with Gasteiger partial charge in [-0.15, -0.1) is 0 Å². The van der Waals surface area contributed by atoms with E-state index in [0.717, 1.165) is 12.1 Å². The molecule has 0 bridgehead atoms. The molecule has 2 aliphatic rings. The minimum Gasteiger partial charge on any atom is -0.368 e. The zero-order valence-electron chi connectivity index (χ0n) is 16.1. The molecule has 0 radical (unpaired) electrons. The van der Waals surface area contributed by atoms with Gasteiger partial charge in [-0.25, -0.2) is 14.4 Å². The first-order valence-corrected chi connectivity index (χ1v) is 9.70. The molecule has 1 aromatic heterocycles. The molecule has 152 valence electrons. The van der Waals surface area contributed by atoms with E-state index in [1.807, 2.05) is 0 Å². The normalized spacial score (nSPS) is 17.4. The van der Waals surface area contributed by atoms with Crippen LogP contribution < -0.4 is 9.80 Å². The number of amides is 2. The molecule has 2 amide bonds. The van der Waals surface area contributed by atoms with E-state index in [9.17, 15) is 14.0 Å². The molecule has 0 atom stereocenters. The summed E-state index contributed by atoms with van der Waals surface area (Å²) in [6.07, 6.45) is 2.28. The number of carbonyl (C=O) groups is 2. The van der Waals surface area contributed by atoms with Crippen LogP contribution in [0.2, 0.25) is 0 Å². The van der Waals surface area contributed by atoms with E-state index in [0.29, 0.717) is 63.9 Å². The van der Waals surface area contributed by atoms with Crippen LogP contribution in [0.5, 0.6) is 0 Å². The monoisotopic (exact) mass is 398 g/mol. The number of hydrogen-bond acceptors (Lipinski definition) is 6. The Kier molecular flexibility index (Phi) is 5.55. The van der Waals surface area contributed by atoms with Crippen molar-refractivity contribution in [3.8, 4) is 0 Å². The maximum absolute atomic E-state index is 13.1. The van der Waals surface area contributed by atoms with Crippen molar-refractivity contribution >= 4 is 23.8 Å². The highest BCUT2D eigenvalue weighted by Crippen LogP contribution is 2.19. The number of carbonyl (C=O) groups excluding carboxylic acids is 2. The predicted molar refractivity (Wildman–Crippen MR) is 106 cm³/mol. The summed E-state index contributed by atoms with van der Waals surface area (Å²) in [6, 6.07) is 8.14. The molecule has 0 aliphatic carbocycles. The Morgan fingerprint density at radius 3 is 2.21 bits per heavy atom. The zero-order chi connectivity index (χ0) is 20.2. The van der Waals surface area contributed by atoms with Gasteiger partial charge in [0.2, 0.25) is 6.41 Å². The molecule has 2 aliphatic heterocycles. The van der Waals surface area contributed by atoms with Gasteiger partial charge in [-0.1, -0.05) is 0 Å². The molecule has 2 saturated heterocycles. The lowest BCUT2D eigenvalue weighted by Crippen LogP contribution is -2.49. The summed E-state index contributed by atoms with van der Waals surface area (Å²) >= 11 is 0. The Morgan fingerprint density at radius 2 is 1.55 bits per heavy atom. The number of rotatable bonds is 4. The maximum atomic E-state index is 13.1. The van der Waals surface area contributed by atoms with Gasteiger partial charge in [0, 0.05) is 64.1 Å². The first kappa shape index (κ1) is 19.1. The predicted octanol–water partition coefficient (Wildman–Crippen LogP) is 0.856. The third-order valence-electron chi connectivity index (χ3n) is 5.42. The van der Waals surface area contributed by atoms with Crippen molar-refractivity contribution in [2.45, 2.75) is 0 Å². The van der Waals surface area contributed by atoms with Crippen LogP contribution in [0.3, 0.4) is 0 Å². The fourth-order valence-electron chi connectivity index (χ4n) is 3.68. The molecule has 0 N–H and O–H groups in total. The third kappa shape index (κ3) is 4.28. The summed E-state index contributed by atoms with van der Waals surface area (Å²) in [5.41, 5.74) is 1.33. The van der Waals surface area contributed by atoms with Crippen LogP contribution >= 0.6 is 0 Å². The second-order valence-electron chi connectivity index (χ2n) is 7.15. The van der Waals surface area contributed by atoms with Gasteiger partial charge in [0.15, 0.2) is 0 Å². The number of benzene rings is 1. The Balaban J connectivity index is 1.38. The highest BCUT2D eigenvalue weighted by molar-refractivity contribution is 5.93. The van der Waals surface area contributed by atoms with E-state index in [4.69, 9.17) is 0 Å². The Hall–Kier alpha value is -3.23. The maximum Gasteiger partial charge on any atom is 0.272 e. The van der Waals surface area contributed by atoms with Gasteiger partial charge in [0.25, 0.3) is 5.91 Å². The Bertz CT molecular complexity index is 862. The molecular weight excluding hydrogens is 375 g/mol. The standard InChI is InChI=1S/C20H23FN6O2/c21-16-1-3-17(4-2-16)25-9-11-27(12-10-25)20(29)18-13-19(23-14-22-18)26-7-5-24(15-28)6-8-26/h1-4,13-15H,5-12H2. The van der Waals surface area contributed by atoms with Crippen molar-refractivity contribution < 1.29 is 14.0 Å². The quantitative estimate of drug-likeness (QED) is 0.712. The van der Waals surface area contributed by atoms with Gasteiger partial charge >= 0.3 is 0 Å². The van der Waals surface area contributed by atoms with Crippen LogP contribution in [0.15, 0.2) is 36.7 Å². The molecule has 0 saturated carbocycles. The third-order valence-corrected chi connectivity index (χ3v) is 5.42. The van der Waals surface area contributed by atoms with Crippen LogP contribution in [-0.4, -0.2) is 84.4 Å². The van der Waals surface area contributed by atoms with Gasteiger partial charge in [-0.2, -0.15) is 0 Å². The van der Waals surface area contributed by atoms with Crippen molar-refractivity contribution in [1.29, 1.82) is 0 Å². The minimum atomic E-state index is -0.255. The van der Waals surface area contributed by atoms with Crippen LogP contribution in [0.1, 0.15) is 10.5 Å². The van der Waals surface area contributed by atoms with Crippen molar-refractivity contribution in [3.05, 3.63) is 48.2 Å². The zero-order valence-corrected chi connectivity index (χ0v) is 16.1. The molecule has 4 rings (SSSR count). The van der Waals surface area contributed by atoms with Crippen molar-refractivity contribution in [3.63, 3.8) is 0 Å². The van der Waals surface area contributed by atoms with Crippen LogP contribution in [0.4, 0.5) is 15.9 Å². The Morgan fingerprint density at radius 1 is 0.897 bits per heavy atom. The van der Waals surface area contributed by atoms with Gasteiger partial charge in [-0.05, 0) is 24.3 Å². The molecule has 1 aromatic carbocycles. The van der Waals surface area contributed by atoms with Crippen LogP contribution in [-0.2, 0) is 4.79 Å². The summed E-state index contributed by atoms with van der Waals surface area (Å²) in [5, 5.41) is 0. The summed E-state index contributed by atoms with van der Waals surface area (Å²) < 4.78 is 13.1. The molecule has 29 heavy (non-hydrogen) atoms. The topological polar surface area (TPSA) is 72.9 Å². The van der Waals surface area contributed by atoms with Crippen molar-refractivity contribution in [1.82, 2.24) is 19.8 Å². The average Bonchev–Trinajstić information content (AvgIpc) is 2.79. The number of nitrogens with zero attached hydrogens (tertiary/aromatic N) is 6. The summed E-state index contributed by atoms with van der Waals surface area (Å²) in [7, 11) is 0. The number of halogens is 1. The summed E-state index contributed by atoms with van der Waals surface area (Å²) in [6.45, 7) is 5.16. The second kappa shape index (κ2) is 8.42. The van der Waals surface area contributed by atoms with Crippen LogP contribution in [0.25, 0.3) is 0 Å². The van der Waals surface area contributed by atoms with Crippen LogP contribution in [0, 0.1) is 5.82 Å². The number of hydrogen-bond donors (Lipinski definition) is 0. The Labute approximate surface area is 168 Å². The van der Waals surface area contributed by atoms with E-state index in [-0.39, 0.29) is 11.7 Å². The lowest BCUT2D eigenvalue weighted by atomic mass is 10.2. The SMILES string of the molecule is O=CN1CCN(c2cc(C(=O)N3CCN(c4ccc(F)cc4)CC3)ncn2)CC1. The smallest absolute Gasteiger partial charge is 0.272 e. The van der Waals surface area contributed by atoms with E-state index in [1.54, 1.807) is 28.0 Å². The first-order valence-electron chi connectivity index (χ1n) is 9.70. The van der Waals surface area contributed by atoms with E-state index < -0.39 is 0 Å². The lowest BCUT2D eigenvalue weighted by molar-refractivity contribution is -0.118. The molecule has 9 heteroatoms. The fourth-order valence-corrected chi connectivity index (χ4v) is 3.68. The lowest BCUT2D eigenvalue weighted by Gasteiger charge is -2.36. The largest absolute Gasteiger partial charge is 0.368 e. The molecule has 0 spiro atoms. The van der Waals surface area contributed by atoms with Gasteiger partial charge in [-0.3, -0.25) is 9.59 Å². The van der Waals surface area contributed by atoms with Crippen molar-refractivity contribution in [2.24, 2.45) is 0 Å². The number of piperazine rings is 2. The highest BCUT2D eigenvalue weighted by atomic mass is 19.1. The summed E-state index contributed by atoms with van der Waals surface area (Å²) in [5.74, 6) is 0.340. The number of aromatic nitrogens is 2. The molecule has 2 fully saturated rings. The first-order chi connectivity index (χ1) is 14.1. The van der Waals surface area contributed by atoms with E-state index in [1.165, 1.54) is 18.5 Å². The molecular formula is C20H23FN6O2. The number of anilines is 2. The average molecular weight is 398 g/mol. The summed E-state index contributed by atoms with van der Waals surface area (Å²) in [4.78, 5) is 40.0. The molecule has 8 nitrogen and oxygen atoms in total. The fraction of sp³-hybridized carbons (Fsp3) is 0.400. The van der Waals surface area contributed by atoms with Gasteiger partial charge in [0.1, 0.15) is 23.7 Å². The highest BCUT2D eigenvalue weighted by Gasteiger charge is 2.24. The van der Waals surface area contributed by atoms with E-state index >= 15 is 0 Å². The van der Waals surface area contributed by atoms with Gasteiger partial charge in [0.05, 0.1) is 0 Å². The molecule has 3 heterocycles. The van der Waals surface area contributed by atoms with Crippen molar-refractivity contribution in [2.75, 3.05) is 62.2 Å².